The zero-order valence-electron chi connectivity index (χ0n) is 24.1. The average Bonchev–Trinajstić information content (AvgIpc) is 2.99. The van der Waals surface area contributed by atoms with Crippen LogP contribution in [0.3, 0.4) is 0 Å². The molecule has 0 heterocycles. The van der Waals surface area contributed by atoms with Gasteiger partial charge in [-0.1, -0.05) is 43.7 Å². The van der Waals surface area contributed by atoms with E-state index in [4.69, 9.17) is 9.47 Å². The fourth-order valence-electron chi connectivity index (χ4n) is 4.21. The highest BCUT2D eigenvalue weighted by atomic mass is 32.2. The fraction of sp³-hybridized carbons (Fsp3) is 0.355. The number of ether oxygens (including phenoxy) is 2. The Morgan fingerprint density at radius 3 is 2.27 bits per heavy atom. The standard InChI is InChI=1S/C31H39N3O6S/c1-5-7-20-32-31(36)24(3)33(22-25-12-11-13-28(21-25)39-4)30(35)23-34(26-16-18-27(19-17-26)40-6-2)41(37,38)29-14-9-8-10-15-29/h8-19,21,24H,5-7,20,22-23H2,1-4H3,(H,32,36). The van der Waals surface area contributed by atoms with Crippen LogP contribution in [-0.2, 0) is 26.2 Å². The molecule has 2 amide bonds. The van der Waals surface area contributed by atoms with Crippen LogP contribution in [0.5, 0.6) is 11.5 Å². The fourth-order valence-corrected chi connectivity index (χ4v) is 5.65. The van der Waals surface area contributed by atoms with Crippen LogP contribution < -0.4 is 19.1 Å². The first-order valence-corrected chi connectivity index (χ1v) is 15.2. The number of nitrogens with zero attached hydrogens (tertiary/aromatic N) is 2. The Balaban J connectivity index is 2.00. The van der Waals surface area contributed by atoms with Crippen LogP contribution in [-0.4, -0.2) is 58.0 Å². The van der Waals surface area contributed by atoms with Crippen LogP contribution in [0.1, 0.15) is 39.2 Å². The van der Waals surface area contributed by atoms with Gasteiger partial charge in [0.05, 0.1) is 24.3 Å². The van der Waals surface area contributed by atoms with Gasteiger partial charge >= 0.3 is 0 Å². The largest absolute Gasteiger partial charge is 0.497 e. The van der Waals surface area contributed by atoms with Crippen LogP contribution >= 0.6 is 0 Å². The van der Waals surface area contributed by atoms with E-state index in [2.05, 4.69) is 5.32 Å². The van der Waals surface area contributed by atoms with Crippen LogP contribution in [0.2, 0.25) is 0 Å². The first-order valence-electron chi connectivity index (χ1n) is 13.7. The summed E-state index contributed by atoms with van der Waals surface area (Å²) in [4.78, 5) is 28.5. The summed E-state index contributed by atoms with van der Waals surface area (Å²) in [5.74, 6) is 0.349. The summed E-state index contributed by atoms with van der Waals surface area (Å²) in [6.45, 7) is 6.05. The van der Waals surface area contributed by atoms with Gasteiger partial charge in [0, 0.05) is 13.1 Å². The molecule has 0 spiro atoms. The maximum absolute atomic E-state index is 14.0. The monoisotopic (exact) mass is 581 g/mol. The molecule has 0 bridgehead atoms. The predicted molar refractivity (Wildman–Crippen MR) is 160 cm³/mol. The van der Waals surface area contributed by atoms with Gasteiger partial charge in [-0.3, -0.25) is 13.9 Å². The van der Waals surface area contributed by atoms with Gasteiger partial charge < -0.3 is 19.7 Å². The molecular weight excluding hydrogens is 542 g/mol. The summed E-state index contributed by atoms with van der Waals surface area (Å²) < 4.78 is 39.6. The molecule has 10 heteroatoms. The smallest absolute Gasteiger partial charge is 0.264 e. The van der Waals surface area contributed by atoms with E-state index in [-0.39, 0.29) is 17.3 Å². The molecular formula is C31H39N3O6S. The Morgan fingerprint density at radius 2 is 1.63 bits per heavy atom. The SMILES string of the molecule is CCCCNC(=O)C(C)N(Cc1cccc(OC)c1)C(=O)CN(c1ccc(OCC)cc1)S(=O)(=O)c1ccccc1. The molecule has 3 aromatic rings. The number of carbonyl (C=O) groups excluding carboxylic acids is 2. The Kier molecular flexibility index (Phi) is 11.6. The topological polar surface area (TPSA) is 105 Å². The Labute approximate surface area is 243 Å². The maximum Gasteiger partial charge on any atom is 0.264 e. The highest BCUT2D eigenvalue weighted by Gasteiger charge is 2.32. The molecule has 0 saturated heterocycles. The molecule has 1 unspecified atom stereocenters. The van der Waals surface area contributed by atoms with Crippen molar-refractivity contribution in [2.45, 2.75) is 51.1 Å². The number of amides is 2. The van der Waals surface area contributed by atoms with Gasteiger partial charge in [-0.05, 0) is 74.4 Å². The zero-order valence-corrected chi connectivity index (χ0v) is 24.9. The van der Waals surface area contributed by atoms with Crippen molar-refractivity contribution in [1.82, 2.24) is 10.2 Å². The summed E-state index contributed by atoms with van der Waals surface area (Å²) in [6, 6.07) is 20.8. The number of rotatable bonds is 15. The molecule has 1 N–H and O–H groups in total. The van der Waals surface area contributed by atoms with Gasteiger partial charge in [0.15, 0.2) is 0 Å². The van der Waals surface area contributed by atoms with E-state index in [1.54, 1.807) is 74.7 Å². The molecule has 41 heavy (non-hydrogen) atoms. The predicted octanol–water partition coefficient (Wildman–Crippen LogP) is 4.62. The van der Waals surface area contributed by atoms with Crippen LogP contribution in [0.25, 0.3) is 0 Å². The van der Waals surface area contributed by atoms with Crippen molar-refractivity contribution in [1.29, 1.82) is 0 Å². The molecule has 9 nitrogen and oxygen atoms in total. The second-order valence-electron chi connectivity index (χ2n) is 9.45. The van der Waals surface area contributed by atoms with E-state index in [1.807, 2.05) is 19.9 Å². The number of carbonyl (C=O) groups is 2. The normalized spacial score (nSPS) is 11.8. The maximum atomic E-state index is 14.0. The summed E-state index contributed by atoms with van der Waals surface area (Å²) in [5, 5.41) is 2.88. The highest BCUT2D eigenvalue weighted by Crippen LogP contribution is 2.27. The van der Waals surface area contributed by atoms with Gasteiger partial charge in [-0.15, -0.1) is 0 Å². The van der Waals surface area contributed by atoms with Crippen LogP contribution in [0.4, 0.5) is 5.69 Å². The van der Waals surface area contributed by atoms with Gasteiger partial charge in [-0.25, -0.2) is 8.42 Å². The van der Waals surface area contributed by atoms with Crippen molar-refractivity contribution in [3.63, 3.8) is 0 Å². The summed E-state index contributed by atoms with van der Waals surface area (Å²) in [7, 11) is -2.58. The van der Waals surface area contributed by atoms with Crippen molar-refractivity contribution in [2.75, 3.05) is 31.1 Å². The van der Waals surface area contributed by atoms with Crippen molar-refractivity contribution >= 4 is 27.5 Å². The first-order chi connectivity index (χ1) is 19.7. The number of unbranched alkanes of at least 4 members (excludes halogenated alkanes) is 1. The average molecular weight is 582 g/mol. The first kappa shape index (κ1) is 31.5. The van der Waals surface area contributed by atoms with E-state index in [0.717, 1.165) is 22.7 Å². The molecule has 3 aromatic carbocycles. The minimum atomic E-state index is -4.13. The lowest BCUT2D eigenvalue weighted by Gasteiger charge is -2.32. The molecule has 0 aliphatic heterocycles. The van der Waals surface area contributed by atoms with Gasteiger partial charge in [0.2, 0.25) is 11.8 Å². The number of hydrogen-bond donors (Lipinski definition) is 1. The third kappa shape index (κ3) is 8.47. The molecule has 220 valence electrons. The lowest BCUT2D eigenvalue weighted by atomic mass is 10.1. The van der Waals surface area contributed by atoms with E-state index < -0.39 is 28.5 Å². The van der Waals surface area contributed by atoms with E-state index in [0.29, 0.717) is 30.3 Å². The van der Waals surface area contributed by atoms with Crippen molar-refractivity contribution in [3.8, 4) is 11.5 Å². The summed E-state index contributed by atoms with van der Waals surface area (Å²) >= 11 is 0. The molecule has 0 saturated carbocycles. The Bertz CT molecular complexity index is 1380. The number of anilines is 1. The van der Waals surface area contributed by atoms with Gasteiger partial charge in [0.25, 0.3) is 10.0 Å². The van der Waals surface area contributed by atoms with Crippen molar-refractivity contribution in [3.05, 3.63) is 84.4 Å². The third-order valence-electron chi connectivity index (χ3n) is 6.53. The molecule has 0 aliphatic carbocycles. The number of benzene rings is 3. The van der Waals surface area contributed by atoms with Crippen molar-refractivity contribution < 1.29 is 27.5 Å². The second kappa shape index (κ2) is 15.1. The lowest BCUT2D eigenvalue weighted by Crippen LogP contribution is -2.51. The lowest BCUT2D eigenvalue weighted by molar-refractivity contribution is -0.139. The molecule has 3 rings (SSSR count). The second-order valence-corrected chi connectivity index (χ2v) is 11.3. The molecule has 0 aromatic heterocycles. The van der Waals surface area contributed by atoms with Gasteiger partial charge in [-0.2, -0.15) is 0 Å². The van der Waals surface area contributed by atoms with E-state index in [9.17, 15) is 18.0 Å². The Hall–Kier alpha value is -4.05. The number of nitrogens with one attached hydrogen (secondary N) is 1. The van der Waals surface area contributed by atoms with Crippen molar-refractivity contribution in [2.24, 2.45) is 0 Å². The highest BCUT2D eigenvalue weighted by molar-refractivity contribution is 7.92. The quantitative estimate of drug-likeness (QED) is 0.263. The minimum Gasteiger partial charge on any atom is -0.497 e. The minimum absolute atomic E-state index is 0.0476. The molecule has 1 atom stereocenters. The summed E-state index contributed by atoms with van der Waals surface area (Å²) in [5.41, 5.74) is 1.04. The molecule has 0 aliphatic rings. The Morgan fingerprint density at radius 1 is 0.927 bits per heavy atom. The van der Waals surface area contributed by atoms with Crippen LogP contribution in [0.15, 0.2) is 83.8 Å². The number of methoxy groups -OCH3 is 1. The van der Waals surface area contributed by atoms with Gasteiger partial charge in [0.1, 0.15) is 24.1 Å². The van der Waals surface area contributed by atoms with E-state index in [1.165, 1.54) is 17.0 Å². The summed E-state index contributed by atoms with van der Waals surface area (Å²) in [6.07, 6.45) is 1.72. The number of hydrogen-bond acceptors (Lipinski definition) is 6. The zero-order chi connectivity index (χ0) is 29.8. The van der Waals surface area contributed by atoms with Crippen LogP contribution in [0, 0.1) is 0 Å². The molecule has 0 radical (unpaired) electrons. The van der Waals surface area contributed by atoms with E-state index >= 15 is 0 Å². The number of sulfonamides is 1. The molecule has 0 fully saturated rings. The third-order valence-corrected chi connectivity index (χ3v) is 8.32.